The molecule has 1 aromatic heterocycles. The van der Waals surface area contributed by atoms with Crippen LogP contribution in [-0.4, -0.2) is 16.1 Å². The molecule has 2 heterocycles. The SMILES string of the molecule is O=[N+]([O-])C1=Cc2cccnc2C2N=CC=CC12. The van der Waals surface area contributed by atoms with Gasteiger partial charge in [0.2, 0.25) is 0 Å². The Balaban J connectivity index is 2.21. The minimum atomic E-state index is -0.335. The summed E-state index contributed by atoms with van der Waals surface area (Å²) >= 11 is 0. The van der Waals surface area contributed by atoms with Gasteiger partial charge in [0, 0.05) is 24.1 Å². The van der Waals surface area contributed by atoms with E-state index >= 15 is 0 Å². The summed E-state index contributed by atoms with van der Waals surface area (Å²) in [4.78, 5) is 19.3. The van der Waals surface area contributed by atoms with E-state index in [4.69, 9.17) is 0 Å². The zero-order chi connectivity index (χ0) is 11.8. The Bertz CT molecular complexity index is 575. The summed E-state index contributed by atoms with van der Waals surface area (Å²) in [6.45, 7) is 0. The van der Waals surface area contributed by atoms with Crippen LogP contribution in [0.4, 0.5) is 0 Å². The van der Waals surface area contributed by atoms with Gasteiger partial charge in [-0.05, 0) is 12.1 Å². The molecule has 1 aliphatic carbocycles. The maximum absolute atomic E-state index is 11.1. The summed E-state index contributed by atoms with van der Waals surface area (Å²) < 4.78 is 0. The second-order valence-electron chi connectivity index (χ2n) is 3.96. The van der Waals surface area contributed by atoms with Crippen LogP contribution in [0.3, 0.4) is 0 Å². The molecule has 17 heavy (non-hydrogen) atoms. The number of pyridine rings is 1. The smallest absolute Gasteiger partial charge is 0.256 e. The molecule has 3 rings (SSSR count). The van der Waals surface area contributed by atoms with Crippen LogP contribution in [0.25, 0.3) is 6.08 Å². The van der Waals surface area contributed by atoms with Gasteiger partial charge >= 0.3 is 0 Å². The zero-order valence-corrected chi connectivity index (χ0v) is 8.85. The van der Waals surface area contributed by atoms with Gasteiger partial charge in [-0.2, -0.15) is 0 Å². The first-order valence-electron chi connectivity index (χ1n) is 5.28. The van der Waals surface area contributed by atoms with Crippen molar-refractivity contribution in [2.75, 3.05) is 0 Å². The predicted molar refractivity (Wildman–Crippen MR) is 63.1 cm³/mol. The first kappa shape index (κ1) is 9.89. The average molecular weight is 227 g/mol. The van der Waals surface area contributed by atoms with Crippen LogP contribution in [0, 0.1) is 16.0 Å². The van der Waals surface area contributed by atoms with Crippen LogP contribution in [-0.2, 0) is 0 Å². The first-order chi connectivity index (χ1) is 8.27. The highest BCUT2D eigenvalue weighted by Crippen LogP contribution is 2.40. The van der Waals surface area contributed by atoms with Crippen LogP contribution >= 0.6 is 0 Å². The fourth-order valence-electron chi connectivity index (χ4n) is 2.24. The highest BCUT2D eigenvalue weighted by atomic mass is 16.6. The number of dihydropyridines is 1. The molecule has 5 heteroatoms. The van der Waals surface area contributed by atoms with Gasteiger partial charge in [-0.15, -0.1) is 0 Å². The van der Waals surface area contributed by atoms with E-state index in [-0.39, 0.29) is 22.6 Å². The van der Waals surface area contributed by atoms with E-state index in [1.165, 1.54) is 0 Å². The van der Waals surface area contributed by atoms with Crippen molar-refractivity contribution in [1.29, 1.82) is 0 Å². The zero-order valence-electron chi connectivity index (χ0n) is 8.85. The van der Waals surface area contributed by atoms with Gasteiger partial charge in [-0.1, -0.05) is 12.1 Å². The number of aromatic nitrogens is 1. The number of allylic oxidation sites excluding steroid dienone is 1. The molecule has 1 aliphatic heterocycles. The molecule has 0 amide bonds. The summed E-state index contributed by atoms with van der Waals surface area (Å²) in [5.74, 6) is -0.308. The normalized spacial score (nSPS) is 24.8. The lowest BCUT2D eigenvalue weighted by molar-refractivity contribution is -0.431. The van der Waals surface area contributed by atoms with Gasteiger partial charge in [-0.25, -0.2) is 0 Å². The molecule has 0 radical (unpaired) electrons. The molecule has 0 aromatic carbocycles. The highest BCUT2D eigenvalue weighted by molar-refractivity contribution is 5.74. The van der Waals surface area contributed by atoms with Crippen LogP contribution in [0.5, 0.6) is 0 Å². The van der Waals surface area contributed by atoms with Crippen molar-refractivity contribution in [1.82, 2.24) is 4.98 Å². The minimum Gasteiger partial charge on any atom is -0.282 e. The molecular formula is C12H9N3O2. The number of nitro groups is 1. The molecule has 1 aromatic rings. The van der Waals surface area contributed by atoms with Crippen molar-refractivity contribution in [3.8, 4) is 0 Å². The number of fused-ring (bicyclic) bond motifs is 3. The topological polar surface area (TPSA) is 68.4 Å². The fraction of sp³-hybridized carbons (Fsp3) is 0.167. The second kappa shape index (κ2) is 3.62. The molecule has 2 unspecified atom stereocenters. The summed E-state index contributed by atoms with van der Waals surface area (Å²) in [5.41, 5.74) is 1.78. The van der Waals surface area contributed by atoms with Crippen molar-refractivity contribution in [3.63, 3.8) is 0 Å². The minimum absolute atomic E-state index is 0.184. The lowest BCUT2D eigenvalue weighted by Crippen LogP contribution is -2.23. The van der Waals surface area contributed by atoms with Crippen molar-refractivity contribution >= 4 is 12.3 Å². The predicted octanol–water partition coefficient (Wildman–Crippen LogP) is 2.01. The van der Waals surface area contributed by atoms with Crippen LogP contribution in [0.2, 0.25) is 0 Å². The Morgan fingerprint density at radius 3 is 3.12 bits per heavy atom. The molecule has 2 aliphatic rings. The lowest BCUT2D eigenvalue weighted by atomic mass is 9.84. The number of hydrogen-bond acceptors (Lipinski definition) is 4. The molecule has 84 valence electrons. The fourth-order valence-corrected chi connectivity index (χ4v) is 2.24. The molecule has 0 spiro atoms. The molecular weight excluding hydrogens is 218 g/mol. The summed E-state index contributed by atoms with van der Waals surface area (Å²) in [5, 5.41) is 11.1. The molecule has 0 N–H and O–H groups in total. The quantitative estimate of drug-likeness (QED) is 0.544. The standard InChI is InChI=1S/C12H9N3O2/c16-15(17)10-7-8-3-1-5-13-11(8)12-9(10)4-2-6-14-12/h1-7,9,12H. The number of rotatable bonds is 1. The first-order valence-corrected chi connectivity index (χ1v) is 5.28. The van der Waals surface area contributed by atoms with E-state index in [0.29, 0.717) is 0 Å². The highest BCUT2D eigenvalue weighted by Gasteiger charge is 2.38. The Labute approximate surface area is 97.4 Å². The van der Waals surface area contributed by atoms with Gasteiger partial charge in [0.15, 0.2) is 0 Å². The van der Waals surface area contributed by atoms with Gasteiger partial charge in [0.05, 0.1) is 16.5 Å². The Morgan fingerprint density at radius 2 is 2.29 bits per heavy atom. The van der Waals surface area contributed by atoms with E-state index < -0.39 is 0 Å². The largest absolute Gasteiger partial charge is 0.282 e. The molecule has 0 fully saturated rings. The van der Waals surface area contributed by atoms with Crippen molar-refractivity contribution in [3.05, 3.63) is 57.6 Å². The Hall–Kier alpha value is -2.30. The van der Waals surface area contributed by atoms with Crippen LogP contribution in [0.1, 0.15) is 17.3 Å². The molecule has 5 nitrogen and oxygen atoms in total. The maximum Gasteiger partial charge on any atom is 0.256 e. The van der Waals surface area contributed by atoms with Gasteiger partial charge in [-0.3, -0.25) is 20.1 Å². The van der Waals surface area contributed by atoms with E-state index in [1.54, 1.807) is 30.6 Å². The van der Waals surface area contributed by atoms with Crippen molar-refractivity contribution in [2.24, 2.45) is 10.9 Å². The van der Waals surface area contributed by atoms with Crippen LogP contribution < -0.4 is 0 Å². The van der Waals surface area contributed by atoms with Gasteiger partial charge < -0.3 is 0 Å². The summed E-state index contributed by atoms with van der Waals surface area (Å²) in [6, 6.07) is 3.34. The summed E-state index contributed by atoms with van der Waals surface area (Å²) in [7, 11) is 0. The number of nitrogens with zero attached hydrogens (tertiary/aromatic N) is 3. The van der Waals surface area contributed by atoms with Crippen molar-refractivity contribution < 1.29 is 4.92 Å². The number of hydrogen-bond donors (Lipinski definition) is 0. The lowest BCUT2D eigenvalue weighted by Gasteiger charge is -2.25. The Morgan fingerprint density at radius 1 is 1.41 bits per heavy atom. The van der Waals surface area contributed by atoms with Crippen LogP contribution in [0.15, 0.2) is 41.2 Å². The summed E-state index contributed by atoms with van der Waals surface area (Å²) in [6.07, 6.45) is 8.50. The van der Waals surface area contributed by atoms with E-state index in [2.05, 4.69) is 9.98 Å². The van der Waals surface area contributed by atoms with Gasteiger partial charge in [0.1, 0.15) is 6.04 Å². The van der Waals surface area contributed by atoms with Gasteiger partial charge in [0.25, 0.3) is 5.70 Å². The van der Waals surface area contributed by atoms with Crippen molar-refractivity contribution in [2.45, 2.75) is 6.04 Å². The third-order valence-electron chi connectivity index (χ3n) is 3.00. The number of aliphatic imine (C=N–C) groups is 1. The third kappa shape index (κ3) is 1.47. The molecule has 0 saturated heterocycles. The molecule has 0 bridgehead atoms. The average Bonchev–Trinajstić information content (AvgIpc) is 2.37. The second-order valence-corrected chi connectivity index (χ2v) is 3.96. The monoisotopic (exact) mass is 227 g/mol. The van der Waals surface area contributed by atoms with E-state index in [9.17, 15) is 10.1 Å². The Kier molecular flexibility index (Phi) is 2.11. The maximum atomic E-state index is 11.1. The van der Waals surface area contributed by atoms with E-state index in [1.807, 2.05) is 12.1 Å². The van der Waals surface area contributed by atoms with E-state index in [0.717, 1.165) is 11.3 Å². The molecule has 0 saturated carbocycles. The third-order valence-corrected chi connectivity index (χ3v) is 3.00. The molecule has 2 atom stereocenters.